The van der Waals surface area contributed by atoms with Gasteiger partial charge in [-0.2, -0.15) is 4.39 Å². The maximum atomic E-state index is 13.5. The Bertz CT molecular complexity index is 376. The summed E-state index contributed by atoms with van der Waals surface area (Å²) in [4.78, 5) is 9.70. The highest BCUT2D eigenvalue weighted by molar-refractivity contribution is 5.39. The Kier molecular flexibility index (Phi) is 2.96. The summed E-state index contributed by atoms with van der Waals surface area (Å²) in [7, 11) is 0. The van der Waals surface area contributed by atoms with Crippen molar-refractivity contribution < 1.29 is 9.31 Å². The summed E-state index contributed by atoms with van der Waals surface area (Å²) in [6.45, 7) is 5.25. The van der Waals surface area contributed by atoms with Crippen molar-refractivity contribution in [2.75, 3.05) is 0 Å². The van der Waals surface area contributed by atoms with Gasteiger partial charge in [0.15, 0.2) is 0 Å². The van der Waals surface area contributed by atoms with Crippen molar-refractivity contribution in [3.63, 3.8) is 0 Å². The number of halogens is 1. The molecule has 0 fully saturated rings. The fraction of sp³-hybridized carbons (Fsp3) is 0.200. The Hall–Kier alpha value is -1.71. The van der Waals surface area contributed by atoms with Crippen LogP contribution in [-0.4, -0.2) is 4.92 Å². The zero-order chi connectivity index (χ0) is 10.7. The van der Waals surface area contributed by atoms with Gasteiger partial charge in [-0.25, -0.2) is 0 Å². The Morgan fingerprint density at radius 2 is 2.29 bits per heavy atom. The molecule has 14 heavy (non-hydrogen) atoms. The molecule has 74 valence electrons. The van der Waals surface area contributed by atoms with Gasteiger partial charge in [0.05, 0.1) is 4.92 Å². The quantitative estimate of drug-likeness (QED) is 0.422. The van der Waals surface area contributed by atoms with Crippen molar-refractivity contribution in [2.45, 2.75) is 12.8 Å². The van der Waals surface area contributed by atoms with E-state index in [1.165, 1.54) is 12.1 Å². The highest BCUT2D eigenvalue weighted by Gasteiger charge is 2.18. The molecule has 4 heteroatoms. The van der Waals surface area contributed by atoms with Crippen LogP contribution in [0.15, 0.2) is 30.9 Å². The molecule has 1 aromatic rings. The molecule has 1 aromatic carbocycles. The predicted molar refractivity (Wildman–Crippen MR) is 51.7 cm³/mol. The van der Waals surface area contributed by atoms with E-state index in [1.54, 1.807) is 13.0 Å². The number of nitro groups is 1. The first kappa shape index (κ1) is 10.4. The van der Waals surface area contributed by atoms with Gasteiger partial charge < -0.3 is 0 Å². The second-order valence-corrected chi connectivity index (χ2v) is 2.96. The third-order valence-electron chi connectivity index (χ3n) is 2.05. The molecule has 1 unspecified atom stereocenters. The molecule has 0 radical (unpaired) electrons. The van der Waals surface area contributed by atoms with Crippen LogP contribution >= 0.6 is 0 Å². The van der Waals surface area contributed by atoms with E-state index in [0.717, 1.165) is 6.07 Å². The van der Waals surface area contributed by atoms with Gasteiger partial charge >= 0.3 is 5.69 Å². The van der Waals surface area contributed by atoms with Crippen LogP contribution in [0.5, 0.6) is 0 Å². The number of rotatable bonds is 3. The summed E-state index contributed by atoms with van der Waals surface area (Å²) in [5.41, 5.74) is -0.189. The van der Waals surface area contributed by atoms with Crippen LogP contribution in [0.2, 0.25) is 0 Å². The Labute approximate surface area is 81.0 Å². The monoisotopic (exact) mass is 195 g/mol. The normalized spacial score (nSPS) is 12.1. The molecule has 0 aliphatic rings. The molecule has 0 N–H and O–H groups in total. The third kappa shape index (κ3) is 1.79. The second-order valence-electron chi connectivity index (χ2n) is 2.96. The summed E-state index contributed by atoms with van der Waals surface area (Å²) >= 11 is 0. The summed E-state index contributed by atoms with van der Waals surface area (Å²) < 4.78 is 13.5. The fourth-order valence-electron chi connectivity index (χ4n) is 1.16. The second kappa shape index (κ2) is 4.00. The number of allylic oxidation sites excluding steroid dienone is 1. The third-order valence-corrected chi connectivity index (χ3v) is 2.05. The molecule has 1 rings (SSSR count). The fourth-order valence-corrected chi connectivity index (χ4v) is 1.16. The molecule has 0 aliphatic carbocycles. The highest BCUT2D eigenvalue weighted by atomic mass is 19.1. The standard InChI is InChI=1S/C10H10FNO2/c1-3-7(2)8-5-4-6-9(10(8)11)12(13)14/h3-7H,1H2,2H3. The SMILES string of the molecule is C=CC(C)c1cccc([N+](=O)[O-])c1F. The van der Waals surface area contributed by atoms with Crippen molar-refractivity contribution in [3.05, 3.63) is 52.3 Å². The van der Waals surface area contributed by atoms with Crippen molar-refractivity contribution in [3.8, 4) is 0 Å². The molecule has 0 spiro atoms. The van der Waals surface area contributed by atoms with Crippen LogP contribution < -0.4 is 0 Å². The smallest absolute Gasteiger partial charge is 0.258 e. The number of hydrogen-bond acceptors (Lipinski definition) is 2. The van der Waals surface area contributed by atoms with Gasteiger partial charge in [-0.3, -0.25) is 10.1 Å². The zero-order valence-corrected chi connectivity index (χ0v) is 7.74. The largest absolute Gasteiger partial charge is 0.305 e. The van der Waals surface area contributed by atoms with Gasteiger partial charge in [-0.05, 0) is 0 Å². The average Bonchev–Trinajstić information content (AvgIpc) is 2.16. The van der Waals surface area contributed by atoms with Gasteiger partial charge in [0.1, 0.15) is 0 Å². The van der Waals surface area contributed by atoms with E-state index in [-0.39, 0.29) is 5.92 Å². The van der Waals surface area contributed by atoms with Gasteiger partial charge in [-0.15, -0.1) is 6.58 Å². The predicted octanol–water partition coefficient (Wildman–Crippen LogP) is 3.02. The maximum absolute atomic E-state index is 13.5. The molecule has 0 aromatic heterocycles. The zero-order valence-electron chi connectivity index (χ0n) is 7.74. The molecule has 0 bridgehead atoms. The maximum Gasteiger partial charge on any atom is 0.305 e. The first-order chi connectivity index (χ1) is 6.57. The highest BCUT2D eigenvalue weighted by Crippen LogP contribution is 2.26. The first-order valence-corrected chi connectivity index (χ1v) is 4.13. The lowest BCUT2D eigenvalue weighted by molar-refractivity contribution is -0.387. The number of benzene rings is 1. The van der Waals surface area contributed by atoms with E-state index in [0.29, 0.717) is 5.56 Å². The molecule has 0 saturated heterocycles. The molecular formula is C10H10FNO2. The minimum absolute atomic E-state index is 0.227. The lowest BCUT2D eigenvalue weighted by Gasteiger charge is -2.06. The van der Waals surface area contributed by atoms with Crippen molar-refractivity contribution in [1.29, 1.82) is 0 Å². The van der Waals surface area contributed by atoms with E-state index in [2.05, 4.69) is 6.58 Å². The molecular weight excluding hydrogens is 185 g/mol. The van der Waals surface area contributed by atoms with E-state index >= 15 is 0 Å². The minimum Gasteiger partial charge on any atom is -0.258 e. The minimum atomic E-state index is -0.773. The van der Waals surface area contributed by atoms with Gasteiger partial charge in [0, 0.05) is 17.5 Å². The van der Waals surface area contributed by atoms with Crippen LogP contribution in [0, 0.1) is 15.9 Å². The topological polar surface area (TPSA) is 43.1 Å². The molecule has 1 atom stereocenters. The summed E-state index contributed by atoms with van der Waals surface area (Å²) in [5, 5.41) is 10.4. The van der Waals surface area contributed by atoms with Crippen LogP contribution in [0.25, 0.3) is 0 Å². The van der Waals surface area contributed by atoms with E-state index in [9.17, 15) is 14.5 Å². The van der Waals surface area contributed by atoms with Gasteiger partial charge in [0.2, 0.25) is 5.82 Å². The average molecular weight is 195 g/mol. The lowest BCUT2D eigenvalue weighted by Crippen LogP contribution is -1.99. The Morgan fingerprint density at radius 1 is 1.64 bits per heavy atom. The number of nitro benzene ring substituents is 1. The van der Waals surface area contributed by atoms with Crippen molar-refractivity contribution in [1.82, 2.24) is 0 Å². The number of hydrogen-bond donors (Lipinski definition) is 0. The van der Waals surface area contributed by atoms with Gasteiger partial charge in [-0.1, -0.05) is 25.1 Å². The van der Waals surface area contributed by atoms with E-state index in [1.807, 2.05) is 0 Å². The van der Waals surface area contributed by atoms with Crippen LogP contribution in [-0.2, 0) is 0 Å². The lowest BCUT2D eigenvalue weighted by atomic mass is 10.0. The van der Waals surface area contributed by atoms with Crippen molar-refractivity contribution in [2.24, 2.45) is 0 Å². The molecule has 0 saturated carbocycles. The summed E-state index contributed by atoms with van der Waals surface area (Å²) in [5.74, 6) is -1.00. The van der Waals surface area contributed by atoms with Crippen LogP contribution in [0.3, 0.4) is 0 Å². The van der Waals surface area contributed by atoms with E-state index in [4.69, 9.17) is 0 Å². The Balaban J connectivity index is 3.26. The van der Waals surface area contributed by atoms with Gasteiger partial charge in [0.25, 0.3) is 0 Å². The Morgan fingerprint density at radius 3 is 2.79 bits per heavy atom. The molecule has 0 heterocycles. The molecule has 3 nitrogen and oxygen atoms in total. The summed E-state index contributed by atoms with van der Waals surface area (Å²) in [6.07, 6.45) is 1.54. The van der Waals surface area contributed by atoms with E-state index < -0.39 is 16.4 Å². The van der Waals surface area contributed by atoms with Crippen LogP contribution in [0.1, 0.15) is 18.4 Å². The van der Waals surface area contributed by atoms with Crippen molar-refractivity contribution >= 4 is 5.69 Å². The molecule has 0 aliphatic heterocycles. The molecule has 0 amide bonds. The first-order valence-electron chi connectivity index (χ1n) is 4.13. The number of nitrogens with zero attached hydrogens (tertiary/aromatic N) is 1. The summed E-state index contributed by atoms with van der Waals surface area (Å²) in [6, 6.07) is 4.14. The van der Waals surface area contributed by atoms with Crippen LogP contribution in [0.4, 0.5) is 10.1 Å².